The summed E-state index contributed by atoms with van der Waals surface area (Å²) in [5.41, 5.74) is 3.08. The first-order chi connectivity index (χ1) is 12.6. The summed E-state index contributed by atoms with van der Waals surface area (Å²) in [5, 5.41) is 5.93. The van der Waals surface area contributed by atoms with E-state index in [4.69, 9.17) is 4.74 Å². The molecule has 3 rings (SSSR count). The summed E-state index contributed by atoms with van der Waals surface area (Å²) in [4.78, 5) is 4.44. The van der Waals surface area contributed by atoms with Crippen molar-refractivity contribution in [3.63, 3.8) is 0 Å². The molecule has 2 aromatic carbocycles. The molecule has 0 fully saturated rings. The van der Waals surface area contributed by atoms with Gasteiger partial charge in [-0.1, -0.05) is 0 Å². The smallest absolute Gasteiger partial charge is 0.207 e. The van der Waals surface area contributed by atoms with E-state index in [1.807, 2.05) is 25.1 Å². The number of rotatable bonds is 7. The van der Waals surface area contributed by atoms with Gasteiger partial charge in [0, 0.05) is 35.8 Å². The summed E-state index contributed by atoms with van der Waals surface area (Å²) in [6, 6.07) is 14.2. The van der Waals surface area contributed by atoms with Crippen LogP contribution in [0.4, 0.5) is 15.2 Å². The number of quaternary nitrogens is 1. The lowest BCUT2D eigenvalue weighted by molar-refractivity contribution is -0.621. The Kier molecular flexibility index (Phi) is 5.93. The third kappa shape index (κ3) is 5.11. The summed E-state index contributed by atoms with van der Waals surface area (Å²) in [6.45, 7) is 2.86. The van der Waals surface area contributed by atoms with Crippen molar-refractivity contribution in [3.05, 3.63) is 71.4 Å². The molecule has 134 valence electrons. The summed E-state index contributed by atoms with van der Waals surface area (Å²) in [7, 11) is 1.66. The lowest BCUT2D eigenvalue weighted by Gasteiger charge is -2.03. The standard InChI is InChI=1S/C19H19FN4OS/c1-13(21-12-14-3-9-17(25-2)10-4-14)11-18-23-19(26-24-18)22-16-7-5-15(20)6-8-16/h3-11,21H,12H2,1-2H3,(H,22,23,24)/p+1. The van der Waals surface area contributed by atoms with Gasteiger partial charge in [-0.05, 0) is 48.5 Å². The van der Waals surface area contributed by atoms with E-state index in [1.165, 1.54) is 29.2 Å². The van der Waals surface area contributed by atoms with Gasteiger partial charge in [-0.2, -0.15) is 9.36 Å². The Balaban J connectivity index is 1.56. The predicted molar refractivity (Wildman–Crippen MR) is 102 cm³/mol. The highest BCUT2D eigenvalue weighted by Crippen LogP contribution is 2.19. The molecule has 0 saturated carbocycles. The molecule has 26 heavy (non-hydrogen) atoms. The number of aromatic nitrogens is 2. The number of anilines is 2. The van der Waals surface area contributed by atoms with Gasteiger partial charge in [-0.25, -0.2) is 4.39 Å². The lowest BCUT2D eigenvalue weighted by Crippen LogP contribution is -2.79. The van der Waals surface area contributed by atoms with Crippen LogP contribution in [0.1, 0.15) is 18.3 Å². The summed E-state index contributed by atoms with van der Waals surface area (Å²) >= 11 is 1.27. The molecule has 0 bridgehead atoms. The molecule has 0 atom stereocenters. The maximum atomic E-state index is 12.9. The van der Waals surface area contributed by atoms with Gasteiger partial charge in [0.15, 0.2) is 5.82 Å². The van der Waals surface area contributed by atoms with Crippen molar-refractivity contribution < 1.29 is 14.4 Å². The minimum atomic E-state index is -0.264. The Morgan fingerprint density at radius 3 is 2.62 bits per heavy atom. The van der Waals surface area contributed by atoms with E-state index in [9.17, 15) is 4.39 Å². The van der Waals surface area contributed by atoms with Crippen molar-refractivity contribution in [2.45, 2.75) is 13.5 Å². The molecule has 1 heterocycles. The third-order valence-electron chi connectivity index (χ3n) is 3.71. The highest BCUT2D eigenvalue weighted by molar-refractivity contribution is 7.09. The number of benzene rings is 2. The highest BCUT2D eigenvalue weighted by Gasteiger charge is 2.05. The first kappa shape index (κ1) is 18.0. The zero-order chi connectivity index (χ0) is 18.4. The average Bonchev–Trinajstić information content (AvgIpc) is 3.09. The highest BCUT2D eigenvalue weighted by atomic mass is 32.1. The molecule has 0 unspecified atom stereocenters. The van der Waals surface area contributed by atoms with Crippen LogP contribution < -0.4 is 15.4 Å². The molecule has 5 nitrogen and oxygen atoms in total. The number of methoxy groups -OCH3 is 1. The summed E-state index contributed by atoms with van der Waals surface area (Å²) < 4.78 is 22.4. The van der Waals surface area contributed by atoms with E-state index in [-0.39, 0.29) is 5.82 Å². The maximum absolute atomic E-state index is 12.9. The average molecular weight is 371 g/mol. The van der Waals surface area contributed by atoms with Crippen LogP contribution in [0.25, 0.3) is 6.08 Å². The van der Waals surface area contributed by atoms with Crippen molar-refractivity contribution in [2.75, 3.05) is 12.4 Å². The van der Waals surface area contributed by atoms with E-state index >= 15 is 0 Å². The first-order valence-corrected chi connectivity index (χ1v) is 8.90. The van der Waals surface area contributed by atoms with Crippen LogP contribution in [0, 0.1) is 5.82 Å². The minimum Gasteiger partial charge on any atom is -0.497 e. The van der Waals surface area contributed by atoms with Crippen LogP contribution in [0.15, 0.2) is 54.2 Å². The fourth-order valence-electron chi connectivity index (χ4n) is 2.30. The van der Waals surface area contributed by atoms with Crippen LogP contribution in [-0.4, -0.2) is 16.5 Å². The largest absolute Gasteiger partial charge is 0.497 e. The second-order valence-electron chi connectivity index (χ2n) is 5.73. The van der Waals surface area contributed by atoms with Gasteiger partial charge in [0.2, 0.25) is 5.13 Å². The van der Waals surface area contributed by atoms with Crippen LogP contribution >= 0.6 is 11.5 Å². The number of halogens is 1. The number of nitrogens with zero attached hydrogens (tertiary/aromatic N) is 2. The fourth-order valence-corrected chi connectivity index (χ4v) is 2.88. The van der Waals surface area contributed by atoms with Crippen molar-refractivity contribution >= 4 is 28.4 Å². The van der Waals surface area contributed by atoms with Gasteiger partial charge in [0.1, 0.15) is 23.8 Å². The molecule has 0 aliphatic carbocycles. The molecule has 0 radical (unpaired) electrons. The number of nitrogens with one attached hydrogen (secondary N) is 1. The van der Waals surface area contributed by atoms with E-state index < -0.39 is 0 Å². The zero-order valence-electron chi connectivity index (χ0n) is 14.6. The van der Waals surface area contributed by atoms with Crippen molar-refractivity contribution in [1.82, 2.24) is 9.36 Å². The zero-order valence-corrected chi connectivity index (χ0v) is 15.4. The molecule has 0 amide bonds. The quantitative estimate of drug-likeness (QED) is 0.667. The molecule has 3 N–H and O–H groups in total. The van der Waals surface area contributed by atoms with Crippen LogP contribution in [0.5, 0.6) is 5.75 Å². The minimum absolute atomic E-state index is 0.264. The topological polar surface area (TPSA) is 63.7 Å². The van der Waals surface area contributed by atoms with Crippen LogP contribution in [-0.2, 0) is 6.54 Å². The van der Waals surface area contributed by atoms with E-state index in [2.05, 4.69) is 32.1 Å². The molecular weight excluding hydrogens is 351 g/mol. The monoisotopic (exact) mass is 371 g/mol. The van der Waals surface area contributed by atoms with E-state index in [1.54, 1.807) is 19.2 Å². The Morgan fingerprint density at radius 2 is 1.92 bits per heavy atom. The molecule has 0 aliphatic heterocycles. The molecule has 3 aromatic rings. The van der Waals surface area contributed by atoms with Gasteiger partial charge >= 0.3 is 0 Å². The summed E-state index contributed by atoms with van der Waals surface area (Å²) in [6.07, 6.45) is 1.94. The molecule has 0 saturated heterocycles. The first-order valence-electron chi connectivity index (χ1n) is 8.13. The van der Waals surface area contributed by atoms with Gasteiger partial charge in [-0.3, -0.25) is 0 Å². The Labute approximate surface area is 155 Å². The van der Waals surface area contributed by atoms with Crippen LogP contribution in [0.3, 0.4) is 0 Å². The van der Waals surface area contributed by atoms with Crippen molar-refractivity contribution in [3.8, 4) is 5.75 Å². The van der Waals surface area contributed by atoms with Gasteiger partial charge < -0.3 is 15.4 Å². The predicted octanol–water partition coefficient (Wildman–Crippen LogP) is 3.55. The van der Waals surface area contributed by atoms with Crippen molar-refractivity contribution in [1.29, 1.82) is 0 Å². The SMILES string of the molecule is COc1ccc(C[NH2+]C(C)=Cc2nsc(Nc3ccc(F)cc3)n2)cc1. The fraction of sp³-hybridized carbons (Fsp3) is 0.158. The molecule has 1 aromatic heterocycles. The Bertz CT molecular complexity index is 875. The molecule has 0 spiro atoms. The van der Waals surface area contributed by atoms with E-state index in [0.717, 1.165) is 23.7 Å². The van der Waals surface area contributed by atoms with Gasteiger partial charge in [0.25, 0.3) is 0 Å². The Hall–Kier alpha value is -2.77. The molecule has 7 heteroatoms. The number of hydrogen-bond donors (Lipinski definition) is 2. The van der Waals surface area contributed by atoms with Gasteiger partial charge in [0.05, 0.1) is 7.11 Å². The van der Waals surface area contributed by atoms with Crippen molar-refractivity contribution in [2.24, 2.45) is 0 Å². The summed E-state index contributed by atoms with van der Waals surface area (Å²) in [5.74, 6) is 1.25. The molecule has 0 aliphatic rings. The van der Waals surface area contributed by atoms with E-state index in [0.29, 0.717) is 11.0 Å². The molecular formula is C19H20FN4OS+. The number of nitrogens with two attached hydrogens (primary N) is 1. The lowest BCUT2D eigenvalue weighted by atomic mass is 10.2. The third-order valence-corrected chi connectivity index (χ3v) is 4.36. The maximum Gasteiger partial charge on any atom is 0.207 e. The normalized spacial score (nSPS) is 11.4. The number of allylic oxidation sites excluding steroid dienone is 1. The number of hydrogen-bond acceptors (Lipinski definition) is 5. The van der Waals surface area contributed by atoms with Crippen LogP contribution in [0.2, 0.25) is 0 Å². The number of ether oxygens (including phenoxy) is 1. The second-order valence-corrected chi connectivity index (χ2v) is 6.49. The Morgan fingerprint density at radius 1 is 1.19 bits per heavy atom. The second kappa shape index (κ2) is 8.55. The van der Waals surface area contributed by atoms with Gasteiger partial charge in [-0.15, -0.1) is 0 Å².